The highest BCUT2D eigenvalue weighted by atomic mass is 16.5. The van der Waals surface area contributed by atoms with Gasteiger partial charge in [-0.1, -0.05) is 19.9 Å². The van der Waals surface area contributed by atoms with Crippen molar-refractivity contribution in [1.29, 1.82) is 0 Å². The first-order chi connectivity index (χ1) is 18.9. The number of aliphatic carboxylic acids is 1. The van der Waals surface area contributed by atoms with E-state index in [4.69, 9.17) is 9.47 Å². The van der Waals surface area contributed by atoms with Gasteiger partial charge in [-0.3, -0.25) is 14.4 Å². The number of aromatic nitrogens is 2. The molecule has 212 valence electrons. The lowest BCUT2D eigenvalue weighted by Gasteiger charge is -2.41. The van der Waals surface area contributed by atoms with E-state index in [0.29, 0.717) is 47.9 Å². The highest BCUT2D eigenvalue weighted by Gasteiger charge is 2.27. The van der Waals surface area contributed by atoms with Gasteiger partial charge in [-0.15, -0.1) is 5.60 Å². The average Bonchev–Trinajstić information content (AvgIpc) is 2.87. The Hall–Kier alpha value is -4.22. The van der Waals surface area contributed by atoms with Crippen LogP contribution >= 0.6 is 0 Å². The van der Waals surface area contributed by atoms with Crippen LogP contribution < -0.4 is 25.6 Å². The minimum atomic E-state index is -1.22. The number of carbonyl (C=O) groups excluding carboxylic acids is 1. The Bertz CT molecular complexity index is 1510. The van der Waals surface area contributed by atoms with Crippen molar-refractivity contribution in [3.05, 3.63) is 69.3 Å². The van der Waals surface area contributed by atoms with E-state index in [0.717, 1.165) is 5.56 Å². The van der Waals surface area contributed by atoms with E-state index in [-0.39, 0.29) is 23.6 Å². The second-order valence-corrected chi connectivity index (χ2v) is 10.4. The number of carbonyl (C=O) groups is 2. The zero-order valence-electron chi connectivity index (χ0n) is 23.2. The molecule has 40 heavy (non-hydrogen) atoms. The van der Waals surface area contributed by atoms with Crippen molar-refractivity contribution in [2.75, 3.05) is 37.0 Å². The maximum atomic E-state index is 13.5. The van der Waals surface area contributed by atoms with Gasteiger partial charge in [-0.2, -0.15) is 0 Å². The summed E-state index contributed by atoms with van der Waals surface area (Å²) in [7, 11) is 3.01. The number of carboxylic acid groups (broad SMARTS) is 1. The van der Waals surface area contributed by atoms with Crippen LogP contribution in [0.4, 0.5) is 11.5 Å². The van der Waals surface area contributed by atoms with Gasteiger partial charge in [-0.25, -0.2) is 4.98 Å². The van der Waals surface area contributed by atoms with Crippen LogP contribution in [0.25, 0.3) is 11.1 Å². The van der Waals surface area contributed by atoms with Crippen molar-refractivity contribution in [2.45, 2.75) is 39.4 Å². The van der Waals surface area contributed by atoms with Crippen molar-refractivity contribution in [1.82, 2.24) is 9.55 Å². The molecule has 1 aliphatic heterocycles. The van der Waals surface area contributed by atoms with E-state index in [9.17, 15) is 24.6 Å². The topological polar surface area (TPSA) is 146 Å². The number of methoxy groups -OCH3 is 1. The molecule has 0 spiro atoms. The van der Waals surface area contributed by atoms with Gasteiger partial charge >= 0.3 is 5.97 Å². The minimum absolute atomic E-state index is 0.128. The molecule has 11 heteroatoms. The second kappa shape index (κ2) is 11.5. The Morgan fingerprint density at radius 1 is 1.25 bits per heavy atom. The number of nitrogens with one attached hydrogen (secondary N) is 1. The monoisotopic (exact) mass is 549 g/mol. The Labute approximate surface area is 232 Å². The van der Waals surface area contributed by atoms with E-state index >= 15 is 0 Å². The van der Waals surface area contributed by atoms with Crippen LogP contribution in [0.5, 0.6) is 5.75 Å². The first kappa shape index (κ1) is 28.8. The lowest BCUT2D eigenvalue weighted by molar-refractivity contribution is -0.461. The van der Waals surface area contributed by atoms with Gasteiger partial charge in [0.05, 0.1) is 25.3 Å². The molecule has 3 heterocycles. The third-order valence-electron chi connectivity index (χ3n) is 6.66. The number of nitrogens with zero attached hydrogens (tertiary/aromatic N) is 3. The average molecular weight is 550 g/mol. The van der Waals surface area contributed by atoms with Crippen LogP contribution in [-0.2, 0) is 29.6 Å². The SMILES string of the molecule is COCc1ccnc(NC(=O)c2c(C)c(-c3ccc4c(c3)N(CC(C)(C)[O-])CCO4)c(CC(=O)O)n(C)c2=O)c1. The number of hydrogen-bond donors (Lipinski definition) is 2. The molecule has 0 saturated carbocycles. The number of hydrogen-bond acceptors (Lipinski definition) is 8. The predicted molar refractivity (Wildman–Crippen MR) is 148 cm³/mol. The largest absolute Gasteiger partial charge is 0.849 e. The molecule has 0 saturated heterocycles. The zero-order valence-corrected chi connectivity index (χ0v) is 23.2. The molecular weight excluding hydrogens is 516 g/mol. The van der Waals surface area contributed by atoms with Crippen LogP contribution in [0.2, 0.25) is 0 Å². The molecule has 0 fully saturated rings. The van der Waals surface area contributed by atoms with Gasteiger partial charge in [-0.05, 0) is 47.9 Å². The first-order valence-electron chi connectivity index (χ1n) is 12.8. The van der Waals surface area contributed by atoms with Crippen molar-refractivity contribution in [3.8, 4) is 16.9 Å². The molecule has 2 N–H and O–H groups in total. The normalized spacial score (nSPS) is 13.0. The summed E-state index contributed by atoms with van der Waals surface area (Å²) in [6.45, 7) is 6.35. The maximum absolute atomic E-state index is 13.5. The van der Waals surface area contributed by atoms with Gasteiger partial charge < -0.3 is 34.5 Å². The van der Waals surface area contributed by atoms with Gasteiger partial charge in [0.15, 0.2) is 0 Å². The van der Waals surface area contributed by atoms with Crippen LogP contribution in [0.1, 0.15) is 41.0 Å². The molecule has 2 aromatic heterocycles. The van der Waals surface area contributed by atoms with E-state index in [1.165, 1.54) is 17.8 Å². The molecule has 0 unspecified atom stereocenters. The Balaban J connectivity index is 1.86. The predicted octanol–water partition coefficient (Wildman–Crippen LogP) is 2.12. The molecule has 1 aliphatic rings. The summed E-state index contributed by atoms with van der Waals surface area (Å²) >= 11 is 0. The summed E-state index contributed by atoms with van der Waals surface area (Å²) in [5, 5.41) is 24.9. The minimum Gasteiger partial charge on any atom is -0.849 e. The summed E-state index contributed by atoms with van der Waals surface area (Å²) in [5.74, 6) is -0.942. The Kier molecular flexibility index (Phi) is 8.26. The second-order valence-electron chi connectivity index (χ2n) is 10.4. The number of carboxylic acids is 1. The molecular formula is C29H33N4O7-. The van der Waals surface area contributed by atoms with E-state index in [2.05, 4.69) is 10.3 Å². The third kappa shape index (κ3) is 6.16. The molecule has 0 bridgehead atoms. The van der Waals surface area contributed by atoms with E-state index in [1.54, 1.807) is 52.1 Å². The van der Waals surface area contributed by atoms with Gasteiger partial charge in [0, 0.05) is 38.2 Å². The number of rotatable bonds is 9. The first-order valence-corrected chi connectivity index (χ1v) is 12.8. The highest BCUT2D eigenvalue weighted by Crippen LogP contribution is 2.38. The Morgan fingerprint density at radius 3 is 2.67 bits per heavy atom. The summed E-state index contributed by atoms with van der Waals surface area (Å²) < 4.78 is 12.2. The number of fused-ring (bicyclic) bond motifs is 1. The summed E-state index contributed by atoms with van der Waals surface area (Å²) in [4.78, 5) is 44.8. The number of anilines is 2. The van der Waals surface area contributed by atoms with Crippen LogP contribution in [0.15, 0.2) is 41.3 Å². The Morgan fingerprint density at radius 2 is 2.00 bits per heavy atom. The molecule has 3 aromatic rings. The molecule has 0 radical (unpaired) electrons. The number of benzene rings is 1. The standard InChI is InChI=1S/C29H33N4O7/c1-17-25(19-6-7-22-20(13-19)33(10-11-40-22)16-29(2,3)38)21(14-24(34)35)32(4)28(37)26(17)27(36)31-23-12-18(15-39-5)8-9-30-23/h6-9,12-13H,10-11,14-16H2,1-5H3,(H,34,35)(H,30,31,36)/q-1. The molecule has 0 aliphatic carbocycles. The zero-order chi connectivity index (χ0) is 29.2. The molecule has 1 aromatic carbocycles. The third-order valence-corrected chi connectivity index (χ3v) is 6.66. The fourth-order valence-corrected chi connectivity index (χ4v) is 4.99. The fourth-order valence-electron chi connectivity index (χ4n) is 4.99. The highest BCUT2D eigenvalue weighted by molar-refractivity contribution is 6.06. The van der Waals surface area contributed by atoms with Crippen LogP contribution in [0, 0.1) is 6.92 Å². The summed E-state index contributed by atoms with van der Waals surface area (Å²) in [6, 6.07) is 8.74. The van der Waals surface area contributed by atoms with Crippen LogP contribution in [-0.4, -0.2) is 58.9 Å². The fraction of sp³-hybridized carbons (Fsp3) is 0.379. The maximum Gasteiger partial charge on any atom is 0.309 e. The lowest BCUT2D eigenvalue weighted by Crippen LogP contribution is -2.50. The number of amides is 1. The van der Waals surface area contributed by atoms with Crippen molar-refractivity contribution in [2.24, 2.45) is 7.05 Å². The molecule has 0 atom stereocenters. The van der Waals surface area contributed by atoms with E-state index < -0.39 is 29.5 Å². The summed E-state index contributed by atoms with van der Waals surface area (Å²) in [6.07, 6.45) is 1.09. The van der Waals surface area contributed by atoms with Gasteiger partial charge in [0.25, 0.3) is 11.5 Å². The number of pyridine rings is 2. The smallest absolute Gasteiger partial charge is 0.309 e. The number of ether oxygens (including phenoxy) is 2. The van der Waals surface area contributed by atoms with Crippen molar-refractivity contribution in [3.63, 3.8) is 0 Å². The summed E-state index contributed by atoms with van der Waals surface area (Å²) in [5.41, 5.74) is 1.13. The van der Waals surface area contributed by atoms with Crippen molar-refractivity contribution < 1.29 is 29.3 Å². The van der Waals surface area contributed by atoms with Gasteiger partial charge in [0.2, 0.25) is 0 Å². The quantitative estimate of drug-likeness (QED) is 0.410. The molecule has 1 amide bonds. The van der Waals surface area contributed by atoms with Crippen LogP contribution in [0.3, 0.4) is 0 Å². The van der Waals surface area contributed by atoms with Crippen molar-refractivity contribution >= 4 is 23.4 Å². The molecule has 4 rings (SSSR count). The van der Waals surface area contributed by atoms with Gasteiger partial charge in [0.1, 0.15) is 23.7 Å². The molecule has 11 nitrogen and oxygen atoms in total. The lowest BCUT2D eigenvalue weighted by atomic mass is 9.92. The van der Waals surface area contributed by atoms with E-state index in [1.807, 2.05) is 11.0 Å².